The summed E-state index contributed by atoms with van der Waals surface area (Å²) in [6.45, 7) is 8.54. The summed E-state index contributed by atoms with van der Waals surface area (Å²) in [4.78, 5) is 66.1. The number of rotatable bonds is 8. The van der Waals surface area contributed by atoms with Gasteiger partial charge < -0.3 is 43.4 Å². The minimum absolute atomic E-state index is 0.291. The highest BCUT2D eigenvalue weighted by molar-refractivity contribution is 5.77. The van der Waals surface area contributed by atoms with Gasteiger partial charge in [-0.1, -0.05) is 6.92 Å². The third-order valence-electron chi connectivity index (χ3n) is 6.33. The summed E-state index contributed by atoms with van der Waals surface area (Å²) in [6.07, 6.45) is -13.4. The maximum atomic E-state index is 12.6. The van der Waals surface area contributed by atoms with Crippen molar-refractivity contribution in [2.45, 2.75) is 103 Å². The number of aliphatic hydroxyl groups excluding tert-OH is 2. The van der Waals surface area contributed by atoms with Crippen LogP contribution in [0.15, 0.2) is 0 Å². The molecule has 1 aliphatic heterocycles. The molecule has 1 saturated carbocycles. The molecule has 1 heterocycles. The van der Waals surface area contributed by atoms with Crippen LogP contribution in [0, 0.1) is 11.8 Å². The van der Waals surface area contributed by atoms with Gasteiger partial charge in [-0.25, -0.2) is 9.59 Å². The first kappa shape index (κ1) is 34.2. The van der Waals surface area contributed by atoms with E-state index in [0.29, 0.717) is 0 Å². The van der Waals surface area contributed by atoms with E-state index >= 15 is 0 Å². The zero-order valence-electron chi connectivity index (χ0n) is 24.2. The van der Waals surface area contributed by atoms with E-state index in [1.54, 1.807) is 20.8 Å². The lowest BCUT2D eigenvalue weighted by molar-refractivity contribution is -0.317. The van der Waals surface area contributed by atoms with Crippen molar-refractivity contribution in [1.29, 1.82) is 0 Å². The summed E-state index contributed by atoms with van der Waals surface area (Å²) < 4.78 is 36.9. The predicted molar refractivity (Wildman–Crippen MR) is 132 cm³/mol. The normalized spacial score (nSPS) is 33.6. The zero-order chi connectivity index (χ0) is 31.2. The first-order valence-corrected chi connectivity index (χ1v) is 12.8. The fourth-order valence-electron chi connectivity index (χ4n) is 4.54. The van der Waals surface area contributed by atoms with Crippen LogP contribution in [-0.4, -0.2) is 109 Å². The number of hydrogen-bond donors (Lipinski definition) is 3. The monoisotopic (exact) mass is 593 g/mol. The molecular weight excluding hydrogens is 554 g/mol. The van der Waals surface area contributed by atoms with E-state index in [2.05, 4.69) is 0 Å². The number of methoxy groups -OCH3 is 2. The topological polar surface area (TPSA) is 212 Å². The van der Waals surface area contributed by atoms with E-state index in [-0.39, 0.29) is 6.42 Å². The van der Waals surface area contributed by atoms with Crippen molar-refractivity contribution in [3.63, 3.8) is 0 Å². The Morgan fingerprint density at radius 2 is 1.41 bits per heavy atom. The van der Waals surface area contributed by atoms with E-state index in [9.17, 15) is 34.2 Å². The quantitative estimate of drug-likeness (QED) is 0.184. The standard InChI is InChI=1S/C25H39NO15/c1-10-17(36-11(2)27)19(37-12(3)28)20(22(32)35-8)39-23(10)38-18-15(29)13(21(31)34-7)9-14(16(18)30)41-26-24(33)40-25(4,5)6/h10,13-20,23,29-30H,9H2,1-8H3,(H,26,33)/t10-,13+,14-,15-,16+,17-,18+,19+,20?,23-/m1/s1. The van der Waals surface area contributed by atoms with Gasteiger partial charge in [-0.05, 0) is 27.2 Å². The van der Waals surface area contributed by atoms with Crippen LogP contribution in [0.25, 0.3) is 0 Å². The molecule has 0 radical (unpaired) electrons. The Hall–Kier alpha value is -3.05. The number of amides is 1. The van der Waals surface area contributed by atoms with Crippen LogP contribution in [0.2, 0.25) is 0 Å². The number of hydroxylamine groups is 1. The van der Waals surface area contributed by atoms with E-state index < -0.39 is 96.4 Å². The molecule has 234 valence electrons. The third-order valence-corrected chi connectivity index (χ3v) is 6.33. The van der Waals surface area contributed by atoms with Gasteiger partial charge in [0, 0.05) is 19.8 Å². The first-order valence-electron chi connectivity index (χ1n) is 12.8. The molecule has 41 heavy (non-hydrogen) atoms. The SMILES string of the molecule is COC(=O)C1O[C@@H](O[C@@H]2[C@@H](O)[C@H](ONC(=O)OC(C)(C)C)C[C@H](C(=O)OC)[C@H]2O)[C@H](C)[C@@H](OC(C)=O)[C@@H]1OC(C)=O. The van der Waals surface area contributed by atoms with Crippen molar-refractivity contribution in [3.8, 4) is 0 Å². The van der Waals surface area contributed by atoms with Gasteiger partial charge in [0.25, 0.3) is 0 Å². The minimum atomic E-state index is -1.68. The van der Waals surface area contributed by atoms with E-state index in [4.69, 9.17) is 38.0 Å². The molecule has 16 heteroatoms. The maximum Gasteiger partial charge on any atom is 0.431 e. The van der Waals surface area contributed by atoms with Crippen molar-refractivity contribution in [2.24, 2.45) is 11.8 Å². The highest BCUT2D eigenvalue weighted by Gasteiger charge is 2.55. The second-order valence-electron chi connectivity index (χ2n) is 10.7. The molecule has 1 unspecified atom stereocenters. The fourth-order valence-corrected chi connectivity index (χ4v) is 4.54. The summed E-state index contributed by atoms with van der Waals surface area (Å²) in [5.41, 5.74) is 1.18. The summed E-state index contributed by atoms with van der Waals surface area (Å²) >= 11 is 0. The second-order valence-corrected chi connectivity index (χ2v) is 10.7. The Balaban J connectivity index is 2.38. The van der Waals surface area contributed by atoms with Crippen LogP contribution in [0.1, 0.15) is 48.0 Å². The molecule has 2 fully saturated rings. The van der Waals surface area contributed by atoms with Crippen LogP contribution < -0.4 is 5.48 Å². The third kappa shape index (κ3) is 8.97. The number of esters is 4. The van der Waals surface area contributed by atoms with E-state index in [1.165, 1.54) is 6.92 Å². The number of carbonyl (C=O) groups is 5. The molecule has 0 aromatic carbocycles. The molecule has 16 nitrogen and oxygen atoms in total. The number of ether oxygens (including phenoxy) is 7. The lowest BCUT2D eigenvalue weighted by atomic mass is 9.80. The number of aliphatic hydroxyl groups is 2. The van der Waals surface area contributed by atoms with E-state index in [1.807, 2.05) is 5.48 Å². The second kappa shape index (κ2) is 14.2. The van der Waals surface area contributed by atoms with Gasteiger partial charge >= 0.3 is 30.0 Å². The minimum Gasteiger partial charge on any atom is -0.469 e. The molecule has 1 saturated heterocycles. The summed E-state index contributed by atoms with van der Waals surface area (Å²) in [5.74, 6) is -5.66. The lowest BCUT2D eigenvalue weighted by Gasteiger charge is -2.46. The largest absolute Gasteiger partial charge is 0.469 e. The average Bonchev–Trinajstić information content (AvgIpc) is 2.86. The smallest absolute Gasteiger partial charge is 0.431 e. The summed E-state index contributed by atoms with van der Waals surface area (Å²) in [6, 6.07) is 0. The van der Waals surface area contributed by atoms with Gasteiger partial charge in [0.05, 0.1) is 26.2 Å². The van der Waals surface area contributed by atoms with Gasteiger partial charge in [-0.3, -0.25) is 19.2 Å². The van der Waals surface area contributed by atoms with Crippen molar-refractivity contribution in [2.75, 3.05) is 14.2 Å². The average molecular weight is 594 g/mol. The molecule has 0 aromatic rings. The molecule has 1 aliphatic carbocycles. The molecule has 2 rings (SSSR count). The number of nitrogens with one attached hydrogen (secondary N) is 1. The first-order chi connectivity index (χ1) is 19.0. The number of hydrogen-bond acceptors (Lipinski definition) is 15. The highest BCUT2D eigenvalue weighted by Crippen LogP contribution is 2.36. The van der Waals surface area contributed by atoms with Gasteiger partial charge in [0.15, 0.2) is 18.5 Å². The molecule has 2 aliphatic rings. The Morgan fingerprint density at radius 1 is 0.854 bits per heavy atom. The van der Waals surface area contributed by atoms with Crippen LogP contribution in [0.4, 0.5) is 4.79 Å². The van der Waals surface area contributed by atoms with Crippen LogP contribution in [0.5, 0.6) is 0 Å². The van der Waals surface area contributed by atoms with Gasteiger partial charge in [-0.15, -0.1) is 0 Å². The highest BCUT2D eigenvalue weighted by atomic mass is 16.7. The Labute approximate surface area is 236 Å². The van der Waals surface area contributed by atoms with Crippen LogP contribution in [-0.2, 0) is 57.2 Å². The van der Waals surface area contributed by atoms with Crippen LogP contribution >= 0.6 is 0 Å². The molecule has 0 spiro atoms. The summed E-state index contributed by atoms with van der Waals surface area (Å²) in [5, 5.41) is 22.1. The van der Waals surface area contributed by atoms with Crippen LogP contribution in [0.3, 0.4) is 0 Å². The lowest BCUT2D eigenvalue weighted by Crippen LogP contribution is -2.63. The maximum absolute atomic E-state index is 12.6. The van der Waals surface area contributed by atoms with Crippen molar-refractivity contribution in [3.05, 3.63) is 0 Å². The molecule has 1 amide bonds. The zero-order valence-corrected chi connectivity index (χ0v) is 24.2. The molecule has 0 aromatic heterocycles. The predicted octanol–water partition coefficient (Wildman–Crippen LogP) is -0.491. The fraction of sp³-hybridized carbons (Fsp3) is 0.800. The number of carbonyl (C=O) groups excluding carboxylic acids is 5. The summed E-state index contributed by atoms with van der Waals surface area (Å²) in [7, 11) is 2.15. The molecule has 10 atom stereocenters. The molecular formula is C25H39NO15. The molecule has 3 N–H and O–H groups in total. The Bertz CT molecular complexity index is 965. The van der Waals surface area contributed by atoms with Gasteiger partial charge in [0.2, 0.25) is 0 Å². The van der Waals surface area contributed by atoms with Crippen molar-refractivity contribution < 1.29 is 72.2 Å². The van der Waals surface area contributed by atoms with E-state index in [0.717, 1.165) is 28.1 Å². The Kier molecular flexibility index (Phi) is 11.8. The Morgan fingerprint density at radius 3 is 1.93 bits per heavy atom. The van der Waals surface area contributed by atoms with Gasteiger partial charge in [-0.2, -0.15) is 5.48 Å². The molecule has 0 bridgehead atoms. The van der Waals surface area contributed by atoms with Crippen molar-refractivity contribution in [1.82, 2.24) is 5.48 Å². The van der Waals surface area contributed by atoms with Gasteiger partial charge in [0.1, 0.15) is 30.0 Å². The van der Waals surface area contributed by atoms with Crippen molar-refractivity contribution >= 4 is 30.0 Å².